The Morgan fingerprint density at radius 1 is 0.241 bits per heavy atom. The van der Waals surface area contributed by atoms with Crippen molar-refractivity contribution in [1.29, 1.82) is 0 Å². The predicted molar refractivity (Wildman–Crippen MR) is 344 cm³/mol. The maximum Gasteiger partial charge on any atom is 0.306 e. The van der Waals surface area contributed by atoms with Crippen molar-refractivity contribution in [3.8, 4) is 0 Å². The Kier molecular flexibility index (Phi) is 66.6. The van der Waals surface area contributed by atoms with Gasteiger partial charge in [0, 0.05) is 19.3 Å². The largest absolute Gasteiger partial charge is 0.462 e. The number of ether oxygens (including phenoxy) is 3. The average Bonchev–Trinajstić information content (AvgIpc) is 3.45. The van der Waals surface area contributed by atoms with E-state index in [0.29, 0.717) is 19.3 Å². The van der Waals surface area contributed by atoms with E-state index in [2.05, 4.69) is 45.1 Å². The molecule has 0 bridgehead atoms. The van der Waals surface area contributed by atoms with Gasteiger partial charge >= 0.3 is 17.9 Å². The van der Waals surface area contributed by atoms with Crippen LogP contribution in [0.15, 0.2) is 24.3 Å². The molecule has 1 unspecified atom stereocenters. The van der Waals surface area contributed by atoms with Crippen LogP contribution in [0.2, 0.25) is 0 Å². The molecule has 6 nitrogen and oxygen atoms in total. The van der Waals surface area contributed by atoms with Crippen LogP contribution in [0, 0.1) is 0 Å². The Morgan fingerprint density at radius 3 is 0.633 bits per heavy atom. The second-order valence-corrected chi connectivity index (χ2v) is 24.5. The normalized spacial score (nSPS) is 12.1. The third kappa shape index (κ3) is 66.6. The zero-order valence-electron chi connectivity index (χ0n) is 53.7. The summed E-state index contributed by atoms with van der Waals surface area (Å²) in [4.78, 5) is 38.5. The summed E-state index contributed by atoms with van der Waals surface area (Å²) in [5, 5.41) is 0. The fourth-order valence-electron chi connectivity index (χ4n) is 11.0. The van der Waals surface area contributed by atoms with Crippen molar-refractivity contribution in [2.45, 2.75) is 412 Å². The zero-order chi connectivity index (χ0) is 57.1. The number of unbranched alkanes of at least 4 members (excludes halogenated alkanes) is 52. The molecule has 0 aromatic carbocycles. The number of carbonyl (C=O) groups excluding carboxylic acids is 3. The van der Waals surface area contributed by atoms with E-state index in [4.69, 9.17) is 14.2 Å². The lowest BCUT2D eigenvalue weighted by Gasteiger charge is -2.18. The molecule has 1 atom stereocenters. The Morgan fingerprint density at radius 2 is 0.418 bits per heavy atom. The van der Waals surface area contributed by atoms with Gasteiger partial charge in [0.1, 0.15) is 13.2 Å². The summed E-state index contributed by atoms with van der Waals surface area (Å²) >= 11 is 0. The molecule has 0 aromatic heterocycles. The monoisotopic (exact) mass is 1110 g/mol. The molecule has 0 N–H and O–H groups in total. The summed E-state index contributed by atoms with van der Waals surface area (Å²) in [6.45, 7) is 6.71. The lowest BCUT2D eigenvalue weighted by Crippen LogP contribution is -2.30. The van der Waals surface area contributed by atoms with E-state index in [-0.39, 0.29) is 31.1 Å². The fraction of sp³-hybridized carbons (Fsp3) is 0.904. The molecule has 0 amide bonds. The number of allylic oxidation sites excluding steroid dienone is 4. The highest BCUT2D eigenvalue weighted by molar-refractivity contribution is 5.71. The van der Waals surface area contributed by atoms with Crippen molar-refractivity contribution in [2.75, 3.05) is 13.2 Å². The smallest absolute Gasteiger partial charge is 0.306 e. The first-order valence-electron chi connectivity index (χ1n) is 35.8. The number of esters is 3. The average molecular weight is 1110 g/mol. The van der Waals surface area contributed by atoms with E-state index in [1.165, 1.54) is 302 Å². The molecule has 0 aliphatic heterocycles. The van der Waals surface area contributed by atoms with Crippen LogP contribution in [-0.4, -0.2) is 37.2 Å². The second-order valence-electron chi connectivity index (χ2n) is 24.5. The summed E-state index contributed by atoms with van der Waals surface area (Å²) in [5.74, 6) is -0.844. The van der Waals surface area contributed by atoms with Gasteiger partial charge in [-0.25, -0.2) is 0 Å². The van der Waals surface area contributed by atoms with Gasteiger partial charge in [-0.1, -0.05) is 340 Å². The minimum atomic E-state index is -0.772. The third-order valence-electron chi connectivity index (χ3n) is 16.4. The standard InChI is InChI=1S/C73H138O6/c1-4-7-10-13-16-19-22-25-28-30-32-34-35-36-37-39-40-42-45-48-51-54-57-60-63-66-72(75)78-69-70(68-77-71(74)65-62-59-56-53-50-47-44-27-24-21-18-15-12-9-6-3)79-73(76)67-64-61-58-55-52-49-46-43-41-38-33-31-29-26-23-20-17-14-11-8-5-2/h27,30,32,44,70H,4-26,28-29,31,33-43,45-69H2,1-3H3/b32-30-,44-27-. The summed E-state index contributed by atoms with van der Waals surface area (Å²) in [7, 11) is 0. The van der Waals surface area contributed by atoms with Gasteiger partial charge in [-0.2, -0.15) is 0 Å². The quantitative estimate of drug-likeness (QED) is 0.0261. The van der Waals surface area contributed by atoms with Crippen LogP contribution in [0.3, 0.4) is 0 Å². The molecule has 466 valence electrons. The highest BCUT2D eigenvalue weighted by Crippen LogP contribution is 2.19. The van der Waals surface area contributed by atoms with Gasteiger partial charge in [0.15, 0.2) is 6.10 Å². The summed E-state index contributed by atoms with van der Waals surface area (Å²) in [6.07, 6.45) is 83.5. The number of rotatable bonds is 67. The second kappa shape index (κ2) is 68.4. The van der Waals surface area contributed by atoms with Crippen LogP contribution in [0.1, 0.15) is 406 Å². The van der Waals surface area contributed by atoms with Crippen molar-refractivity contribution in [3.63, 3.8) is 0 Å². The van der Waals surface area contributed by atoms with Crippen molar-refractivity contribution in [3.05, 3.63) is 24.3 Å². The lowest BCUT2D eigenvalue weighted by molar-refractivity contribution is -0.167. The molecule has 6 heteroatoms. The maximum absolute atomic E-state index is 13.0. The summed E-state index contributed by atoms with van der Waals surface area (Å²) < 4.78 is 17.0. The van der Waals surface area contributed by atoms with E-state index in [1.54, 1.807) is 0 Å². The molecule has 0 saturated heterocycles. The first kappa shape index (κ1) is 76.9. The Balaban J connectivity index is 4.25. The molecule has 0 spiro atoms. The number of carbonyl (C=O) groups is 3. The van der Waals surface area contributed by atoms with Crippen LogP contribution in [0.5, 0.6) is 0 Å². The van der Waals surface area contributed by atoms with Crippen molar-refractivity contribution < 1.29 is 28.6 Å². The van der Waals surface area contributed by atoms with Gasteiger partial charge < -0.3 is 14.2 Å². The molecule has 0 aromatic rings. The van der Waals surface area contributed by atoms with E-state index in [0.717, 1.165) is 64.2 Å². The van der Waals surface area contributed by atoms with Gasteiger partial charge in [0.2, 0.25) is 0 Å². The fourth-order valence-corrected chi connectivity index (χ4v) is 11.0. The van der Waals surface area contributed by atoms with Crippen molar-refractivity contribution in [1.82, 2.24) is 0 Å². The van der Waals surface area contributed by atoms with Crippen LogP contribution in [0.25, 0.3) is 0 Å². The Bertz CT molecular complexity index is 1270. The Labute approximate surface area is 493 Å². The van der Waals surface area contributed by atoms with E-state index in [9.17, 15) is 14.4 Å². The van der Waals surface area contributed by atoms with Crippen LogP contribution in [-0.2, 0) is 28.6 Å². The maximum atomic E-state index is 13.0. The first-order valence-corrected chi connectivity index (χ1v) is 35.8. The summed E-state index contributed by atoms with van der Waals surface area (Å²) in [5.41, 5.74) is 0. The Hall–Kier alpha value is -2.11. The SMILES string of the molecule is CCCCCCCC/C=C\CCCCCCCC(=O)OCC(COC(=O)CCCCCCCCCCCCCCC/C=C\CCCCCCCCCC)OC(=O)CCCCCCCCCCCCCCCCCCCCCCC. The van der Waals surface area contributed by atoms with Crippen molar-refractivity contribution in [2.24, 2.45) is 0 Å². The predicted octanol–water partition coefficient (Wildman–Crippen LogP) is 24.6. The molecule has 0 heterocycles. The molecule has 0 saturated carbocycles. The molecule has 0 radical (unpaired) electrons. The van der Waals surface area contributed by atoms with E-state index in [1.807, 2.05) is 0 Å². The van der Waals surface area contributed by atoms with Crippen LogP contribution < -0.4 is 0 Å². The van der Waals surface area contributed by atoms with Crippen molar-refractivity contribution >= 4 is 17.9 Å². The first-order chi connectivity index (χ1) is 39.0. The highest BCUT2D eigenvalue weighted by Gasteiger charge is 2.19. The minimum Gasteiger partial charge on any atom is -0.462 e. The summed E-state index contributed by atoms with van der Waals surface area (Å²) in [6, 6.07) is 0. The van der Waals surface area contributed by atoms with Gasteiger partial charge in [-0.15, -0.1) is 0 Å². The lowest BCUT2D eigenvalue weighted by atomic mass is 10.0. The minimum absolute atomic E-state index is 0.0681. The van der Waals surface area contributed by atoms with Crippen LogP contribution in [0.4, 0.5) is 0 Å². The highest BCUT2D eigenvalue weighted by atomic mass is 16.6. The topological polar surface area (TPSA) is 78.9 Å². The van der Waals surface area contributed by atoms with Gasteiger partial charge in [-0.3, -0.25) is 14.4 Å². The molecule has 79 heavy (non-hydrogen) atoms. The number of hydrogen-bond acceptors (Lipinski definition) is 6. The number of hydrogen-bond donors (Lipinski definition) is 0. The molecular formula is C73H138O6. The third-order valence-corrected chi connectivity index (χ3v) is 16.4. The van der Waals surface area contributed by atoms with Gasteiger partial charge in [0.25, 0.3) is 0 Å². The van der Waals surface area contributed by atoms with Gasteiger partial charge in [0.05, 0.1) is 0 Å². The van der Waals surface area contributed by atoms with Gasteiger partial charge in [-0.05, 0) is 70.6 Å². The molecule has 0 fully saturated rings. The zero-order valence-corrected chi connectivity index (χ0v) is 53.7. The molecule has 0 aliphatic carbocycles. The van der Waals surface area contributed by atoms with E-state index >= 15 is 0 Å². The molecule has 0 rings (SSSR count). The molecule has 0 aliphatic rings. The van der Waals surface area contributed by atoms with E-state index < -0.39 is 6.10 Å². The van der Waals surface area contributed by atoms with Crippen LogP contribution >= 0.6 is 0 Å². The molecular weight excluding hydrogens is 973 g/mol.